The summed E-state index contributed by atoms with van der Waals surface area (Å²) >= 11 is 0. The van der Waals surface area contributed by atoms with Gasteiger partial charge in [0.25, 0.3) is 0 Å². The third kappa shape index (κ3) is 2.90. The number of carbonyl (C=O) groups is 1. The number of nitrogens with one attached hydrogen (secondary N) is 1. The number of hydrogen-bond donors (Lipinski definition) is 1. The maximum Gasteiger partial charge on any atom is 0.246 e. The van der Waals surface area contributed by atoms with Gasteiger partial charge in [0, 0.05) is 30.6 Å². The van der Waals surface area contributed by atoms with Gasteiger partial charge in [0.1, 0.15) is 6.54 Å². The summed E-state index contributed by atoms with van der Waals surface area (Å²) in [4.78, 5) is 11.9. The number of anilines is 1. The van der Waals surface area contributed by atoms with Crippen molar-refractivity contribution < 1.29 is 14.3 Å². The van der Waals surface area contributed by atoms with Crippen LogP contribution in [-0.4, -0.2) is 28.9 Å². The standard InChI is InChI=1S/C14H15N3O3/c18-14(10-17-6-1-5-15-17)16-11-3-4-12-13(9-11)20-8-2-7-19-12/h1,3-6,9H,2,7-8,10H2,(H,16,18). The predicted octanol–water partition coefficient (Wildman–Crippen LogP) is 1.68. The van der Waals surface area contributed by atoms with E-state index in [-0.39, 0.29) is 12.5 Å². The second-order valence-electron chi connectivity index (χ2n) is 4.46. The number of benzene rings is 1. The van der Waals surface area contributed by atoms with Crippen molar-refractivity contribution in [3.05, 3.63) is 36.7 Å². The molecule has 6 nitrogen and oxygen atoms in total. The third-order valence-corrected chi connectivity index (χ3v) is 2.90. The molecule has 1 aromatic carbocycles. The maximum atomic E-state index is 11.9. The molecule has 104 valence electrons. The molecule has 0 fully saturated rings. The molecule has 20 heavy (non-hydrogen) atoms. The molecule has 1 N–H and O–H groups in total. The molecular formula is C14H15N3O3. The number of ether oxygens (including phenoxy) is 2. The first-order chi connectivity index (χ1) is 9.81. The van der Waals surface area contributed by atoms with E-state index in [9.17, 15) is 4.79 Å². The maximum absolute atomic E-state index is 11.9. The Morgan fingerprint density at radius 1 is 1.30 bits per heavy atom. The molecule has 1 aliphatic heterocycles. The Balaban J connectivity index is 1.68. The van der Waals surface area contributed by atoms with Crippen molar-refractivity contribution >= 4 is 11.6 Å². The van der Waals surface area contributed by atoms with E-state index in [0.29, 0.717) is 30.4 Å². The summed E-state index contributed by atoms with van der Waals surface area (Å²) in [7, 11) is 0. The largest absolute Gasteiger partial charge is 0.490 e. The van der Waals surface area contributed by atoms with E-state index in [1.165, 1.54) is 0 Å². The molecule has 0 bridgehead atoms. The van der Waals surface area contributed by atoms with E-state index >= 15 is 0 Å². The average Bonchev–Trinajstić information content (AvgIpc) is 2.82. The number of rotatable bonds is 3. The molecule has 0 radical (unpaired) electrons. The number of nitrogens with zero attached hydrogens (tertiary/aromatic N) is 2. The van der Waals surface area contributed by atoms with Gasteiger partial charge in [-0.15, -0.1) is 0 Å². The molecule has 0 spiro atoms. The highest BCUT2D eigenvalue weighted by Crippen LogP contribution is 2.32. The second kappa shape index (κ2) is 5.64. The molecular weight excluding hydrogens is 258 g/mol. The van der Waals surface area contributed by atoms with Crippen LogP contribution in [0.3, 0.4) is 0 Å². The molecule has 6 heteroatoms. The van der Waals surface area contributed by atoms with Crippen molar-refractivity contribution in [1.29, 1.82) is 0 Å². The van der Waals surface area contributed by atoms with Gasteiger partial charge in [-0.05, 0) is 18.2 Å². The van der Waals surface area contributed by atoms with Crippen LogP contribution in [0.2, 0.25) is 0 Å². The monoisotopic (exact) mass is 273 g/mol. The Morgan fingerprint density at radius 3 is 2.95 bits per heavy atom. The SMILES string of the molecule is O=C(Cn1cccn1)Nc1ccc2c(c1)OCCCO2. The summed E-state index contributed by atoms with van der Waals surface area (Å²) in [6, 6.07) is 7.17. The molecule has 1 aliphatic rings. The van der Waals surface area contributed by atoms with Crippen molar-refractivity contribution in [2.45, 2.75) is 13.0 Å². The first-order valence-electron chi connectivity index (χ1n) is 6.48. The summed E-state index contributed by atoms with van der Waals surface area (Å²) in [5.41, 5.74) is 0.686. The first kappa shape index (κ1) is 12.5. The molecule has 2 aromatic rings. The van der Waals surface area contributed by atoms with Gasteiger partial charge in [-0.25, -0.2) is 0 Å². The van der Waals surface area contributed by atoms with E-state index in [4.69, 9.17) is 9.47 Å². The predicted molar refractivity (Wildman–Crippen MR) is 72.9 cm³/mol. The Kier molecular flexibility index (Phi) is 3.54. The fourth-order valence-electron chi connectivity index (χ4n) is 1.98. The van der Waals surface area contributed by atoms with Gasteiger partial charge in [0.15, 0.2) is 11.5 Å². The number of hydrogen-bond acceptors (Lipinski definition) is 4. The normalized spacial score (nSPS) is 13.6. The molecule has 0 aliphatic carbocycles. The van der Waals surface area contributed by atoms with Gasteiger partial charge in [-0.1, -0.05) is 0 Å². The fraction of sp³-hybridized carbons (Fsp3) is 0.286. The van der Waals surface area contributed by atoms with Gasteiger partial charge in [0.2, 0.25) is 5.91 Å². The van der Waals surface area contributed by atoms with Crippen molar-refractivity contribution in [2.24, 2.45) is 0 Å². The van der Waals surface area contributed by atoms with Crippen molar-refractivity contribution in [3.8, 4) is 11.5 Å². The van der Waals surface area contributed by atoms with E-state index in [1.807, 2.05) is 6.07 Å². The van der Waals surface area contributed by atoms with E-state index in [0.717, 1.165) is 6.42 Å². The summed E-state index contributed by atoms with van der Waals surface area (Å²) in [6.07, 6.45) is 4.24. The minimum absolute atomic E-state index is 0.136. The second-order valence-corrected chi connectivity index (χ2v) is 4.46. The zero-order chi connectivity index (χ0) is 13.8. The zero-order valence-electron chi connectivity index (χ0n) is 10.9. The quantitative estimate of drug-likeness (QED) is 0.924. The Bertz CT molecular complexity index is 596. The van der Waals surface area contributed by atoms with Crippen LogP contribution in [0.4, 0.5) is 5.69 Å². The Morgan fingerprint density at radius 2 is 2.15 bits per heavy atom. The minimum Gasteiger partial charge on any atom is -0.490 e. The zero-order valence-corrected chi connectivity index (χ0v) is 10.9. The summed E-state index contributed by atoms with van der Waals surface area (Å²) < 4.78 is 12.7. The molecule has 0 saturated carbocycles. The number of aromatic nitrogens is 2. The molecule has 1 aromatic heterocycles. The van der Waals surface area contributed by atoms with Gasteiger partial charge in [-0.3, -0.25) is 9.48 Å². The number of carbonyl (C=O) groups excluding carboxylic acids is 1. The summed E-state index contributed by atoms with van der Waals surface area (Å²) in [5.74, 6) is 1.25. The topological polar surface area (TPSA) is 65.4 Å². The lowest BCUT2D eigenvalue weighted by Gasteiger charge is -2.10. The number of fused-ring (bicyclic) bond motifs is 1. The lowest BCUT2D eigenvalue weighted by atomic mass is 10.2. The van der Waals surface area contributed by atoms with E-state index in [1.54, 1.807) is 35.3 Å². The highest BCUT2D eigenvalue weighted by Gasteiger charge is 2.12. The van der Waals surface area contributed by atoms with Crippen LogP contribution in [0.1, 0.15) is 6.42 Å². The van der Waals surface area contributed by atoms with Crippen LogP contribution in [0.25, 0.3) is 0 Å². The minimum atomic E-state index is -0.136. The summed E-state index contributed by atoms with van der Waals surface area (Å²) in [6.45, 7) is 1.46. The highest BCUT2D eigenvalue weighted by molar-refractivity contribution is 5.90. The number of amides is 1. The molecule has 0 unspecified atom stereocenters. The lowest BCUT2D eigenvalue weighted by molar-refractivity contribution is -0.116. The van der Waals surface area contributed by atoms with Crippen molar-refractivity contribution in [2.75, 3.05) is 18.5 Å². The molecule has 1 amide bonds. The molecule has 2 heterocycles. The van der Waals surface area contributed by atoms with Crippen LogP contribution in [0.5, 0.6) is 11.5 Å². The van der Waals surface area contributed by atoms with Gasteiger partial charge < -0.3 is 14.8 Å². The third-order valence-electron chi connectivity index (χ3n) is 2.90. The average molecular weight is 273 g/mol. The van der Waals surface area contributed by atoms with E-state index in [2.05, 4.69) is 10.4 Å². The Labute approximate surface area is 116 Å². The highest BCUT2D eigenvalue weighted by atomic mass is 16.5. The van der Waals surface area contributed by atoms with Crippen molar-refractivity contribution in [1.82, 2.24) is 9.78 Å². The van der Waals surface area contributed by atoms with Gasteiger partial charge in [0.05, 0.1) is 13.2 Å². The van der Waals surface area contributed by atoms with Crippen LogP contribution in [-0.2, 0) is 11.3 Å². The van der Waals surface area contributed by atoms with Crippen LogP contribution < -0.4 is 14.8 Å². The van der Waals surface area contributed by atoms with E-state index < -0.39 is 0 Å². The fourth-order valence-corrected chi connectivity index (χ4v) is 1.98. The smallest absolute Gasteiger partial charge is 0.246 e. The molecule has 0 atom stereocenters. The summed E-state index contributed by atoms with van der Waals surface area (Å²) in [5, 5.41) is 6.81. The molecule has 0 saturated heterocycles. The van der Waals surface area contributed by atoms with Crippen LogP contribution in [0, 0.1) is 0 Å². The molecule has 3 rings (SSSR count). The lowest BCUT2D eigenvalue weighted by Crippen LogP contribution is -2.18. The van der Waals surface area contributed by atoms with Gasteiger partial charge in [-0.2, -0.15) is 5.10 Å². The first-order valence-corrected chi connectivity index (χ1v) is 6.48. The van der Waals surface area contributed by atoms with Crippen molar-refractivity contribution in [3.63, 3.8) is 0 Å². The van der Waals surface area contributed by atoms with Crippen LogP contribution >= 0.6 is 0 Å². The van der Waals surface area contributed by atoms with Gasteiger partial charge >= 0.3 is 0 Å². The Hall–Kier alpha value is -2.50. The van der Waals surface area contributed by atoms with Crippen LogP contribution in [0.15, 0.2) is 36.7 Å².